The molecule has 20 heavy (non-hydrogen) atoms. The normalized spacial score (nSPS) is 21.1. The Morgan fingerprint density at radius 3 is 2.60 bits per heavy atom. The summed E-state index contributed by atoms with van der Waals surface area (Å²) in [7, 11) is 0. The fraction of sp³-hybridized carbons (Fsp3) is 0.647. The molecule has 1 aliphatic heterocycles. The van der Waals surface area contributed by atoms with Gasteiger partial charge in [-0.15, -0.1) is 0 Å². The SMILES string of the molecule is CC1(C)CCN(c2nc3c(cc2C#N)CCCC3)CC1. The lowest BCUT2D eigenvalue weighted by Gasteiger charge is -2.38. The van der Waals surface area contributed by atoms with Crippen LogP contribution in [0.5, 0.6) is 0 Å². The highest BCUT2D eigenvalue weighted by Gasteiger charge is 2.28. The molecule has 3 nitrogen and oxygen atoms in total. The van der Waals surface area contributed by atoms with Gasteiger partial charge in [0.05, 0.1) is 5.56 Å². The van der Waals surface area contributed by atoms with Crippen LogP contribution in [-0.4, -0.2) is 18.1 Å². The first-order valence-electron chi connectivity index (χ1n) is 7.77. The smallest absolute Gasteiger partial charge is 0.146 e. The number of hydrogen-bond donors (Lipinski definition) is 0. The maximum atomic E-state index is 9.44. The van der Waals surface area contributed by atoms with Crippen LogP contribution in [-0.2, 0) is 12.8 Å². The van der Waals surface area contributed by atoms with Gasteiger partial charge < -0.3 is 4.90 Å². The number of pyridine rings is 1. The zero-order valence-corrected chi connectivity index (χ0v) is 12.6. The predicted molar refractivity (Wildman–Crippen MR) is 80.8 cm³/mol. The van der Waals surface area contributed by atoms with E-state index in [2.05, 4.69) is 30.9 Å². The maximum absolute atomic E-state index is 9.44. The number of fused-ring (bicyclic) bond motifs is 1. The Kier molecular flexibility index (Phi) is 3.41. The molecule has 2 aliphatic rings. The van der Waals surface area contributed by atoms with Crippen molar-refractivity contribution in [1.29, 1.82) is 5.26 Å². The summed E-state index contributed by atoms with van der Waals surface area (Å²) >= 11 is 0. The van der Waals surface area contributed by atoms with Crippen molar-refractivity contribution in [2.45, 2.75) is 52.4 Å². The summed E-state index contributed by atoms with van der Waals surface area (Å²) in [5.74, 6) is 0.934. The highest BCUT2D eigenvalue weighted by molar-refractivity contribution is 5.56. The van der Waals surface area contributed by atoms with Gasteiger partial charge in [-0.2, -0.15) is 5.26 Å². The highest BCUT2D eigenvalue weighted by atomic mass is 15.2. The van der Waals surface area contributed by atoms with Gasteiger partial charge >= 0.3 is 0 Å². The number of aromatic nitrogens is 1. The molecule has 0 unspecified atom stereocenters. The molecular formula is C17H23N3. The third kappa shape index (κ3) is 2.52. The van der Waals surface area contributed by atoms with Crippen LogP contribution in [0.1, 0.15) is 56.4 Å². The quantitative estimate of drug-likeness (QED) is 0.784. The number of nitrogens with zero attached hydrogens (tertiary/aromatic N) is 3. The van der Waals surface area contributed by atoms with E-state index in [4.69, 9.17) is 4.98 Å². The molecular weight excluding hydrogens is 246 g/mol. The van der Waals surface area contributed by atoms with Gasteiger partial charge in [-0.3, -0.25) is 0 Å². The molecule has 1 saturated heterocycles. The largest absolute Gasteiger partial charge is 0.355 e. The molecule has 2 heterocycles. The molecule has 1 fully saturated rings. The first-order chi connectivity index (χ1) is 9.59. The second-order valence-electron chi connectivity index (χ2n) is 6.94. The topological polar surface area (TPSA) is 39.9 Å². The summed E-state index contributed by atoms with van der Waals surface area (Å²) in [6, 6.07) is 4.45. The van der Waals surface area contributed by atoms with Gasteiger partial charge in [0.2, 0.25) is 0 Å². The monoisotopic (exact) mass is 269 g/mol. The number of piperidine rings is 1. The van der Waals surface area contributed by atoms with E-state index in [-0.39, 0.29) is 0 Å². The maximum Gasteiger partial charge on any atom is 0.146 e. The third-order valence-electron chi connectivity index (χ3n) is 4.82. The predicted octanol–water partition coefficient (Wildman–Crippen LogP) is 3.46. The summed E-state index contributed by atoms with van der Waals surface area (Å²) < 4.78 is 0. The van der Waals surface area contributed by atoms with Gasteiger partial charge in [-0.25, -0.2) is 4.98 Å². The van der Waals surface area contributed by atoms with E-state index < -0.39 is 0 Å². The van der Waals surface area contributed by atoms with Crippen LogP contribution in [0.2, 0.25) is 0 Å². The van der Waals surface area contributed by atoms with Crippen LogP contribution < -0.4 is 4.90 Å². The van der Waals surface area contributed by atoms with E-state index in [1.54, 1.807) is 0 Å². The highest BCUT2D eigenvalue weighted by Crippen LogP contribution is 2.34. The van der Waals surface area contributed by atoms with E-state index in [0.717, 1.165) is 37.3 Å². The van der Waals surface area contributed by atoms with Gasteiger partial charge in [0.1, 0.15) is 11.9 Å². The van der Waals surface area contributed by atoms with Gasteiger partial charge in [-0.05, 0) is 55.6 Å². The van der Waals surface area contributed by atoms with Crippen LogP contribution in [0, 0.1) is 16.7 Å². The Labute approximate surface area is 121 Å². The molecule has 0 radical (unpaired) electrons. The van der Waals surface area contributed by atoms with E-state index in [9.17, 15) is 5.26 Å². The third-order valence-corrected chi connectivity index (χ3v) is 4.82. The Morgan fingerprint density at radius 2 is 1.90 bits per heavy atom. The summed E-state index contributed by atoms with van der Waals surface area (Å²) in [6.07, 6.45) is 6.99. The van der Waals surface area contributed by atoms with Crippen LogP contribution in [0.15, 0.2) is 6.07 Å². The summed E-state index contributed by atoms with van der Waals surface area (Å²) in [6.45, 7) is 6.70. The van der Waals surface area contributed by atoms with Crippen molar-refractivity contribution in [3.05, 3.63) is 22.9 Å². The fourth-order valence-electron chi connectivity index (χ4n) is 3.27. The van der Waals surface area contributed by atoms with Crippen LogP contribution in [0.3, 0.4) is 0 Å². The molecule has 1 aliphatic carbocycles. The van der Waals surface area contributed by atoms with Gasteiger partial charge in [-0.1, -0.05) is 13.8 Å². The molecule has 0 aromatic carbocycles. The minimum absolute atomic E-state index is 0.428. The van der Waals surface area contributed by atoms with E-state index in [0.29, 0.717) is 5.41 Å². The Bertz CT molecular complexity index is 544. The Morgan fingerprint density at radius 1 is 1.20 bits per heavy atom. The van der Waals surface area contributed by atoms with Crippen molar-refractivity contribution < 1.29 is 0 Å². The lowest BCUT2D eigenvalue weighted by atomic mass is 9.82. The molecule has 106 valence electrons. The number of rotatable bonds is 1. The number of nitriles is 1. The average molecular weight is 269 g/mol. The first kappa shape index (κ1) is 13.4. The fourth-order valence-corrected chi connectivity index (χ4v) is 3.27. The molecule has 1 aromatic heterocycles. The molecule has 3 rings (SSSR count). The molecule has 0 amide bonds. The van der Waals surface area contributed by atoms with Gasteiger partial charge in [0, 0.05) is 18.8 Å². The number of aryl methyl sites for hydroxylation is 2. The molecule has 0 bridgehead atoms. The number of anilines is 1. The van der Waals surface area contributed by atoms with Gasteiger partial charge in [0.25, 0.3) is 0 Å². The lowest BCUT2D eigenvalue weighted by molar-refractivity contribution is 0.279. The van der Waals surface area contributed by atoms with Crippen molar-refractivity contribution in [3.63, 3.8) is 0 Å². The molecule has 0 atom stereocenters. The van der Waals surface area contributed by atoms with Crippen molar-refractivity contribution in [2.75, 3.05) is 18.0 Å². The standard InChI is InChI=1S/C17H23N3/c1-17(2)7-9-20(10-8-17)16-14(12-18)11-13-5-3-4-6-15(13)19-16/h11H,3-10H2,1-2H3. The second kappa shape index (κ2) is 5.09. The molecule has 1 aromatic rings. The van der Waals surface area contributed by atoms with E-state index in [1.165, 1.54) is 36.9 Å². The van der Waals surface area contributed by atoms with Crippen molar-refractivity contribution in [1.82, 2.24) is 4.98 Å². The Balaban J connectivity index is 1.91. The zero-order valence-electron chi connectivity index (χ0n) is 12.6. The van der Waals surface area contributed by atoms with Crippen LogP contribution >= 0.6 is 0 Å². The zero-order chi connectivity index (χ0) is 14.2. The van der Waals surface area contributed by atoms with Crippen molar-refractivity contribution in [3.8, 4) is 6.07 Å². The van der Waals surface area contributed by atoms with Gasteiger partial charge in [0.15, 0.2) is 0 Å². The molecule has 0 spiro atoms. The minimum Gasteiger partial charge on any atom is -0.355 e. The second-order valence-corrected chi connectivity index (χ2v) is 6.94. The summed E-state index contributed by atoms with van der Waals surface area (Å²) in [4.78, 5) is 7.18. The lowest BCUT2D eigenvalue weighted by Crippen LogP contribution is -2.38. The van der Waals surface area contributed by atoms with Crippen LogP contribution in [0.4, 0.5) is 5.82 Å². The average Bonchev–Trinajstić information content (AvgIpc) is 2.46. The molecule has 0 saturated carbocycles. The number of hydrogen-bond acceptors (Lipinski definition) is 3. The van der Waals surface area contributed by atoms with Crippen LogP contribution in [0.25, 0.3) is 0 Å². The Hall–Kier alpha value is -1.56. The molecule has 3 heteroatoms. The van der Waals surface area contributed by atoms with Crippen molar-refractivity contribution >= 4 is 5.82 Å². The van der Waals surface area contributed by atoms with E-state index >= 15 is 0 Å². The van der Waals surface area contributed by atoms with E-state index in [1.807, 2.05) is 0 Å². The summed E-state index contributed by atoms with van der Waals surface area (Å²) in [5, 5.41) is 9.44. The first-order valence-corrected chi connectivity index (χ1v) is 7.77. The minimum atomic E-state index is 0.428. The van der Waals surface area contributed by atoms with Crippen molar-refractivity contribution in [2.24, 2.45) is 5.41 Å². The molecule has 0 N–H and O–H groups in total. The summed E-state index contributed by atoms with van der Waals surface area (Å²) in [5.41, 5.74) is 3.73.